The first-order chi connectivity index (χ1) is 11.8. The average molecular weight is 377 g/mol. The summed E-state index contributed by atoms with van der Waals surface area (Å²) in [5.41, 5.74) is 3.12. The van der Waals surface area contributed by atoms with Crippen LogP contribution >= 0.6 is 15.9 Å². The zero-order valence-corrected chi connectivity index (χ0v) is 14.3. The molecule has 0 aliphatic rings. The summed E-state index contributed by atoms with van der Waals surface area (Å²) in [4.78, 5) is 17.8. The maximum atomic E-state index is 13.1. The van der Waals surface area contributed by atoms with Crippen LogP contribution in [0.3, 0.4) is 0 Å². The Morgan fingerprint density at radius 2 is 1.50 bits per heavy atom. The lowest BCUT2D eigenvalue weighted by Gasteiger charge is -2.09. The van der Waals surface area contributed by atoms with Crippen molar-refractivity contribution in [1.29, 1.82) is 0 Å². The number of fused-ring (bicyclic) bond motifs is 1. The lowest BCUT2D eigenvalue weighted by molar-refractivity contribution is 0.0966. The fraction of sp³-hybridized carbons (Fsp3) is 0. The van der Waals surface area contributed by atoms with Crippen LogP contribution in [0.1, 0.15) is 10.4 Å². The lowest BCUT2D eigenvalue weighted by atomic mass is 10.2. The molecule has 0 spiro atoms. The molecule has 0 aliphatic carbocycles. The molecule has 4 heteroatoms. The van der Waals surface area contributed by atoms with Crippen LogP contribution in [-0.4, -0.2) is 15.5 Å². The highest BCUT2D eigenvalue weighted by molar-refractivity contribution is 9.10. The second kappa shape index (κ2) is 6.06. The molecule has 0 radical (unpaired) electrons. The van der Waals surface area contributed by atoms with Crippen LogP contribution in [0.2, 0.25) is 0 Å². The Morgan fingerprint density at radius 1 is 0.833 bits per heavy atom. The van der Waals surface area contributed by atoms with Crippen LogP contribution in [0.25, 0.3) is 22.4 Å². The molecule has 0 bridgehead atoms. The molecule has 0 N–H and O–H groups in total. The first-order valence-electron chi connectivity index (χ1n) is 7.58. The van der Waals surface area contributed by atoms with E-state index in [2.05, 4.69) is 15.9 Å². The van der Waals surface area contributed by atoms with Crippen molar-refractivity contribution in [1.82, 2.24) is 9.55 Å². The highest BCUT2D eigenvalue weighted by atomic mass is 79.9. The van der Waals surface area contributed by atoms with E-state index in [4.69, 9.17) is 4.98 Å². The summed E-state index contributed by atoms with van der Waals surface area (Å²) in [6.45, 7) is 0. The van der Waals surface area contributed by atoms with Crippen molar-refractivity contribution in [3.8, 4) is 11.4 Å². The van der Waals surface area contributed by atoms with Gasteiger partial charge < -0.3 is 0 Å². The number of benzene rings is 3. The normalized spacial score (nSPS) is 10.9. The number of hydrogen-bond acceptors (Lipinski definition) is 2. The van der Waals surface area contributed by atoms with Gasteiger partial charge in [-0.05, 0) is 30.3 Å². The van der Waals surface area contributed by atoms with E-state index in [9.17, 15) is 4.79 Å². The highest BCUT2D eigenvalue weighted by Gasteiger charge is 2.20. The molecular weight excluding hydrogens is 364 g/mol. The number of halogens is 1. The third-order valence-corrected chi connectivity index (χ3v) is 4.59. The fourth-order valence-electron chi connectivity index (χ4n) is 2.76. The second-order valence-corrected chi connectivity index (χ2v) is 6.26. The number of nitrogens with zero attached hydrogens (tertiary/aromatic N) is 2. The molecule has 1 aromatic heterocycles. The van der Waals surface area contributed by atoms with Crippen molar-refractivity contribution in [3.63, 3.8) is 0 Å². The van der Waals surface area contributed by atoms with Crippen LogP contribution in [0.5, 0.6) is 0 Å². The number of hydrogen-bond donors (Lipinski definition) is 0. The van der Waals surface area contributed by atoms with Crippen LogP contribution < -0.4 is 0 Å². The molecule has 3 aromatic carbocycles. The zero-order valence-electron chi connectivity index (χ0n) is 12.7. The predicted octanol–water partition coefficient (Wildman–Crippen LogP) is 5.15. The molecule has 0 amide bonds. The van der Waals surface area contributed by atoms with Gasteiger partial charge in [-0.2, -0.15) is 0 Å². The first-order valence-corrected chi connectivity index (χ1v) is 8.37. The summed E-state index contributed by atoms with van der Waals surface area (Å²) in [5, 5.41) is 0. The number of para-hydroxylation sites is 2. The Hall–Kier alpha value is -2.72. The van der Waals surface area contributed by atoms with Crippen molar-refractivity contribution in [2.75, 3.05) is 0 Å². The van der Waals surface area contributed by atoms with Gasteiger partial charge in [-0.25, -0.2) is 4.98 Å². The zero-order chi connectivity index (χ0) is 16.5. The molecule has 4 rings (SSSR count). The maximum absolute atomic E-state index is 13.1. The molecule has 0 saturated heterocycles. The van der Waals surface area contributed by atoms with Gasteiger partial charge in [0.15, 0.2) is 0 Å². The molecule has 3 nitrogen and oxygen atoms in total. The minimum Gasteiger partial charge on any atom is -0.268 e. The molecule has 1 heterocycles. The van der Waals surface area contributed by atoms with Crippen LogP contribution in [0, 0.1) is 0 Å². The number of imidazole rings is 1. The summed E-state index contributed by atoms with van der Waals surface area (Å²) in [6.07, 6.45) is 0. The van der Waals surface area contributed by atoms with Gasteiger partial charge in [0.1, 0.15) is 5.82 Å². The van der Waals surface area contributed by atoms with E-state index in [0.717, 1.165) is 21.1 Å². The van der Waals surface area contributed by atoms with E-state index in [-0.39, 0.29) is 5.91 Å². The summed E-state index contributed by atoms with van der Waals surface area (Å²) in [5.74, 6) is 0.549. The molecule has 0 unspecified atom stereocenters. The average Bonchev–Trinajstić information content (AvgIpc) is 3.01. The van der Waals surface area contributed by atoms with Gasteiger partial charge in [0, 0.05) is 15.6 Å². The van der Waals surface area contributed by atoms with Gasteiger partial charge in [0.2, 0.25) is 0 Å². The largest absolute Gasteiger partial charge is 0.268 e. The predicted molar refractivity (Wildman–Crippen MR) is 99.0 cm³/mol. The molecule has 4 aromatic rings. The fourth-order valence-corrected chi connectivity index (χ4v) is 3.23. The van der Waals surface area contributed by atoms with Gasteiger partial charge >= 0.3 is 0 Å². The molecule has 0 saturated carbocycles. The third kappa shape index (κ3) is 2.45. The summed E-state index contributed by atoms with van der Waals surface area (Å²) < 4.78 is 2.59. The maximum Gasteiger partial charge on any atom is 0.264 e. The van der Waals surface area contributed by atoms with Crippen molar-refractivity contribution in [3.05, 3.63) is 88.9 Å². The quantitative estimate of drug-likeness (QED) is 0.484. The molecular formula is C20H13BrN2O. The van der Waals surface area contributed by atoms with Crippen molar-refractivity contribution in [2.45, 2.75) is 0 Å². The summed E-state index contributed by atoms with van der Waals surface area (Å²) in [6, 6.07) is 24.8. The van der Waals surface area contributed by atoms with Gasteiger partial charge in [-0.15, -0.1) is 0 Å². The monoisotopic (exact) mass is 376 g/mol. The van der Waals surface area contributed by atoms with E-state index < -0.39 is 0 Å². The number of carbonyl (C=O) groups excluding carboxylic acids is 1. The smallest absolute Gasteiger partial charge is 0.264 e. The minimum absolute atomic E-state index is 0.0879. The number of rotatable bonds is 2. The van der Waals surface area contributed by atoms with Gasteiger partial charge in [-0.3, -0.25) is 9.36 Å². The summed E-state index contributed by atoms with van der Waals surface area (Å²) in [7, 11) is 0. The molecule has 0 atom stereocenters. The van der Waals surface area contributed by atoms with Crippen molar-refractivity contribution >= 4 is 32.9 Å². The Balaban J connectivity index is 2.01. The Kier molecular flexibility index (Phi) is 3.75. The van der Waals surface area contributed by atoms with E-state index in [1.165, 1.54) is 0 Å². The van der Waals surface area contributed by atoms with Gasteiger partial charge in [0.05, 0.1) is 11.0 Å². The minimum atomic E-state index is -0.0879. The number of carbonyl (C=O) groups is 1. The van der Waals surface area contributed by atoms with Crippen molar-refractivity contribution < 1.29 is 4.79 Å². The second-order valence-electron chi connectivity index (χ2n) is 5.41. The Morgan fingerprint density at radius 3 is 2.29 bits per heavy atom. The van der Waals surface area contributed by atoms with E-state index >= 15 is 0 Å². The molecule has 0 aliphatic heterocycles. The molecule has 24 heavy (non-hydrogen) atoms. The topological polar surface area (TPSA) is 34.9 Å². The van der Waals surface area contributed by atoms with Gasteiger partial charge in [0.25, 0.3) is 5.91 Å². The third-order valence-electron chi connectivity index (χ3n) is 3.90. The van der Waals surface area contributed by atoms with E-state index in [1.807, 2.05) is 78.9 Å². The first kappa shape index (κ1) is 14.8. The van der Waals surface area contributed by atoms with Crippen LogP contribution in [0.15, 0.2) is 83.3 Å². The lowest BCUT2D eigenvalue weighted by Crippen LogP contribution is -2.13. The standard InChI is InChI=1S/C20H13BrN2O/c21-16-11-5-4-10-15(16)19-22-17-12-6-7-13-18(17)23(19)20(24)14-8-2-1-3-9-14/h1-13H. The van der Waals surface area contributed by atoms with Crippen LogP contribution in [0.4, 0.5) is 0 Å². The SMILES string of the molecule is O=C(c1ccccc1)n1c(-c2ccccc2Br)nc2ccccc21. The Labute approximate surface area is 147 Å². The highest BCUT2D eigenvalue weighted by Crippen LogP contribution is 2.31. The van der Waals surface area contributed by atoms with Gasteiger partial charge in [-0.1, -0.05) is 64.5 Å². The number of aromatic nitrogens is 2. The van der Waals surface area contributed by atoms with Crippen LogP contribution in [-0.2, 0) is 0 Å². The van der Waals surface area contributed by atoms with E-state index in [1.54, 1.807) is 4.57 Å². The van der Waals surface area contributed by atoms with Crippen molar-refractivity contribution in [2.24, 2.45) is 0 Å². The van der Waals surface area contributed by atoms with E-state index in [0.29, 0.717) is 11.4 Å². The Bertz CT molecular complexity index is 1040. The molecule has 116 valence electrons. The summed E-state index contributed by atoms with van der Waals surface area (Å²) >= 11 is 3.57. The molecule has 0 fully saturated rings.